The van der Waals surface area contributed by atoms with E-state index in [-0.39, 0.29) is 5.82 Å². The molecule has 0 aromatic heterocycles. The summed E-state index contributed by atoms with van der Waals surface area (Å²) in [5.41, 5.74) is 5.70. The van der Waals surface area contributed by atoms with Gasteiger partial charge in [-0.1, -0.05) is 19.9 Å². The van der Waals surface area contributed by atoms with Crippen LogP contribution in [0.1, 0.15) is 13.8 Å². The molecule has 72 valence electrons. The normalized spacial score (nSPS) is 17.7. The van der Waals surface area contributed by atoms with Crippen LogP contribution in [-0.4, -0.2) is 6.35 Å². The number of benzene rings is 1. The molecule has 0 spiro atoms. The predicted molar refractivity (Wildman–Crippen MR) is 50.0 cm³/mol. The quantitative estimate of drug-likeness (QED) is 0.647. The summed E-state index contributed by atoms with van der Waals surface area (Å²) in [5.74, 6) is 0.132. The van der Waals surface area contributed by atoms with Gasteiger partial charge in [-0.15, -0.1) is 0 Å². The van der Waals surface area contributed by atoms with Crippen LogP contribution in [0.4, 0.5) is 10.1 Å². The van der Waals surface area contributed by atoms with E-state index >= 15 is 0 Å². The average molecular weight is 184 g/mol. The number of nitrogens with two attached hydrogens (primary N) is 1. The first-order chi connectivity index (χ1) is 6.27. The van der Waals surface area contributed by atoms with E-state index < -0.39 is 6.35 Å². The van der Waals surface area contributed by atoms with E-state index in [1.807, 2.05) is 13.8 Å². The van der Waals surface area contributed by atoms with Gasteiger partial charge in [-0.2, -0.15) is 0 Å². The number of hydrogen-bond donors (Lipinski definition) is 2. The predicted octanol–water partition coefficient (Wildman–Crippen LogP) is 1.90. The molecule has 1 aromatic rings. The zero-order valence-electron chi connectivity index (χ0n) is 7.67. The van der Waals surface area contributed by atoms with Crippen LogP contribution in [0, 0.1) is 5.82 Å². The lowest BCUT2D eigenvalue weighted by Crippen LogP contribution is -2.30. The number of ether oxygens (including phenoxy) is 1. The molecule has 1 unspecified atom stereocenters. The smallest absolute Gasteiger partial charge is 0.225 e. The zero-order chi connectivity index (χ0) is 9.84. The molecule has 1 atom stereocenters. The molecule has 1 heterocycles. The van der Waals surface area contributed by atoms with Crippen LogP contribution in [-0.2, 0) is 0 Å². The molecule has 2 rings (SSSR count). The van der Waals surface area contributed by atoms with Gasteiger partial charge in [-0.05, 0) is 12.1 Å². The highest BCUT2D eigenvalue weighted by atomic mass is 19.1. The van der Waals surface area contributed by atoms with E-state index in [9.17, 15) is 4.39 Å². The Balaban J connectivity index is 0.000000396. The zero-order valence-corrected chi connectivity index (χ0v) is 7.67. The Bertz CT molecular complexity index is 291. The first kappa shape index (κ1) is 9.80. The van der Waals surface area contributed by atoms with Gasteiger partial charge in [0.15, 0.2) is 0 Å². The Morgan fingerprint density at radius 3 is 2.77 bits per heavy atom. The van der Waals surface area contributed by atoms with Crippen molar-refractivity contribution in [3.63, 3.8) is 0 Å². The van der Waals surface area contributed by atoms with Crippen molar-refractivity contribution < 1.29 is 9.13 Å². The number of para-hydroxylation sites is 1. The summed E-state index contributed by atoms with van der Waals surface area (Å²) in [5, 5.41) is 2.65. The Morgan fingerprint density at radius 2 is 2.15 bits per heavy atom. The number of halogens is 1. The van der Waals surface area contributed by atoms with Gasteiger partial charge >= 0.3 is 0 Å². The van der Waals surface area contributed by atoms with Gasteiger partial charge in [0, 0.05) is 0 Å². The summed E-state index contributed by atoms with van der Waals surface area (Å²) in [6.45, 7) is 4.00. The summed E-state index contributed by atoms with van der Waals surface area (Å²) in [4.78, 5) is 0. The molecule has 0 fully saturated rings. The van der Waals surface area contributed by atoms with Gasteiger partial charge in [0.2, 0.25) is 6.35 Å². The van der Waals surface area contributed by atoms with Crippen LogP contribution in [0.15, 0.2) is 18.2 Å². The second kappa shape index (κ2) is 4.09. The molecule has 0 aliphatic carbocycles. The number of rotatable bonds is 0. The number of fused-ring (bicyclic) bond motifs is 1. The van der Waals surface area contributed by atoms with E-state index in [2.05, 4.69) is 5.32 Å². The molecule has 0 saturated carbocycles. The van der Waals surface area contributed by atoms with Crippen molar-refractivity contribution in [2.45, 2.75) is 20.2 Å². The molecule has 0 saturated heterocycles. The fraction of sp³-hybridized carbons (Fsp3) is 0.333. The van der Waals surface area contributed by atoms with Gasteiger partial charge in [0.25, 0.3) is 0 Å². The summed E-state index contributed by atoms with van der Waals surface area (Å²) in [6, 6.07) is 4.60. The summed E-state index contributed by atoms with van der Waals surface area (Å²) in [7, 11) is 0. The topological polar surface area (TPSA) is 47.3 Å². The molecule has 0 bridgehead atoms. The van der Waals surface area contributed by atoms with Crippen LogP contribution < -0.4 is 15.8 Å². The highest BCUT2D eigenvalue weighted by Crippen LogP contribution is 2.32. The SMILES string of the molecule is CC.NC1Nc2c(F)cccc2O1. The van der Waals surface area contributed by atoms with Crippen LogP contribution in [0.5, 0.6) is 5.75 Å². The van der Waals surface area contributed by atoms with E-state index in [0.29, 0.717) is 11.4 Å². The number of nitrogens with one attached hydrogen (secondary N) is 1. The maximum Gasteiger partial charge on any atom is 0.225 e. The van der Waals surface area contributed by atoms with Gasteiger partial charge in [0.1, 0.15) is 17.3 Å². The first-order valence-corrected chi connectivity index (χ1v) is 4.24. The standard InChI is InChI=1S/C7H7FN2O.C2H6/c8-4-2-1-3-5-6(4)10-7(9)11-5;1-2/h1-3,7,10H,9H2;1-2H3. The summed E-state index contributed by atoms with van der Waals surface area (Å²) < 4.78 is 17.9. The summed E-state index contributed by atoms with van der Waals surface area (Å²) >= 11 is 0. The van der Waals surface area contributed by atoms with Crippen LogP contribution in [0.25, 0.3) is 0 Å². The van der Waals surface area contributed by atoms with Crippen LogP contribution >= 0.6 is 0 Å². The largest absolute Gasteiger partial charge is 0.455 e. The minimum Gasteiger partial charge on any atom is -0.455 e. The van der Waals surface area contributed by atoms with Crippen molar-refractivity contribution in [3.8, 4) is 5.75 Å². The lowest BCUT2D eigenvalue weighted by atomic mass is 10.3. The third-order valence-electron chi connectivity index (χ3n) is 1.52. The maximum absolute atomic E-state index is 12.9. The van der Waals surface area contributed by atoms with Crippen LogP contribution in [0.3, 0.4) is 0 Å². The lowest BCUT2D eigenvalue weighted by molar-refractivity contribution is 0.262. The van der Waals surface area contributed by atoms with Crippen molar-refractivity contribution in [2.24, 2.45) is 5.73 Å². The van der Waals surface area contributed by atoms with Gasteiger partial charge in [-0.3, -0.25) is 5.73 Å². The van der Waals surface area contributed by atoms with E-state index in [1.54, 1.807) is 12.1 Å². The van der Waals surface area contributed by atoms with E-state index in [1.165, 1.54) is 6.07 Å². The maximum atomic E-state index is 12.9. The fourth-order valence-corrected chi connectivity index (χ4v) is 1.05. The Morgan fingerprint density at radius 1 is 1.46 bits per heavy atom. The minimum absolute atomic E-state index is 0.338. The van der Waals surface area contributed by atoms with Crippen molar-refractivity contribution >= 4 is 5.69 Å². The molecule has 1 aliphatic rings. The van der Waals surface area contributed by atoms with Gasteiger partial charge in [0.05, 0.1) is 0 Å². The monoisotopic (exact) mass is 184 g/mol. The Kier molecular flexibility index (Phi) is 3.08. The van der Waals surface area contributed by atoms with Gasteiger partial charge < -0.3 is 10.1 Å². The molecule has 0 radical (unpaired) electrons. The molecular weight excluding hydrogens is 171 g/mol. The molecule has 1 aliphatic heterocycles. The highest BCUT2D eigenvalue weighted by Gasteiger charge is 2.20. The minimum atomic E-state index is -0.623. The average Bonchev–Trinajstić information content (AvgIpc) is 2.51. The fourth-order valence-electron chi connectivity index (χ4n) is 1.05. The molecule has 4 heteroatoms. The highest BCUT2D eigenvalue weighted by molar-refractivity contribution is 5.60. The summed E-state index contributed by atoms with van der Waals surface area (Å²) in [6.07, 6.45) is -0.623. The second-order valence-corrected chi connectivity index (χ2v) is 2.30. The molecule has 0 amide bonds. The van der Waals surface area contributed by atoms with Gasteiger partial charge in [-0.25, -0.2) is 4.39 Å². The number of hydrogen-bond acceptors (Lipinski definition) is 3. The Hall–Kier alpha value is -1.29. The van der Waals surface area contributed by atoms with E-state index in [4.69, 9.17) is 10.5 Å². The number of anilines is 1. The molecule has 3 nitrogen and oxygen atoms in total. The van der Waals surface area contributed by atoms with Crippen molar-refractivity contribution in [1.29, 1.82) is 0 Å². The van der Waals surface area contributed by atoms with Crippen molar-refractivity contribution in [2.75, 3.05) is 5.32 Å². The molecule has 1 aromatic carbocycles. The second-order valence-electron chi connectivity index (χ2n) is 2.30. The first-order valence-electron chi connectivity index (χ1n) is 4.24. The molecular formula is C9H13FN2O. The molecule has 3 N–H and O–H groups in total. The van der Waals surface area contributed by atoms with Crippen molar-refractivity contribution in [1.82, 2.24) is 0 Å². The third kappa shape index (κ3) is 1.89. The Labute approximate surface area is 76.7 Å². The van der Waals surface area contributed by atoms with Crippen molar-refractivity contribution in [3.05, 3.63) is 24.0 Å². The van der Waals surface area contributed by atoms with Crippen LogP contribution in [0.2, 0.25) is 0 Å². The molecule has 13 heavy (non-hydrogen) atoms. The van der Waals surface area contributed by atoms with E-state index in [0.717, 1.165) is 0 Å². The lowest BCUT2D eigenvalue weighted by Gasteiger charge is -2.00. The third-order valence-corrected chi connectivity index (χ3v) is 1.52.